The van der Waals surface area contributed by atoms with Crippen LogP contribution in [0.3, 0.4) is 0 Å². The predicted octanol–water partition coefficient (Wildman–Crippen LogP) is 3.62. The van der Waals surface area contributed by atoms with E-state index in [-0.39, 0.29) is 0 Å². The van der Waals surface area contributed by atoms with Crippen molar-refractivity contribution in [2.75, 3.05) is 0 Å². The SMILES string of the molecule is Cc1ccc(C(O)c2nn(C)c3ccccc23)cc1Cl. The summed E-state index contributed by atoms with van der Waals surface area (Å²) in [6, 6.07) is 13.5. The number of rotatable bonds is 2. The van der Waals surface area contributed by atoms with Crippen LogP contribution < -0.4 is 0 Å². The molecule has 1 N–H and O–H groups in total. The fraction of sp³-hybridized carbons (Fsp3) is 0.188. The highest BCUT2D eigenvalue weighted by molar-refractivity contribution is 6.31. The van der Waals surface area contributed by atoms with E-state index in [0.717, 1.165) is 22.0 Å². The second-order valence-corrected chi connectivity index (χ2v) is 5.34. The summed E-state index contributed by atoms with van der Waals surface area (Å²) >= 11 is 6.13. The van der Waals surface area contributed by atoms with Crippen LogP contribution in [0.25, 0.3) is 10.9 Å². The molecule has 2 aromatic carbocycles. The molecule has 0 saturated heterocycles. The van der Waals surface area contributed by atoms with Crippen LogP contribution in [0.2, 0.25) is 5.02 Å². The Labute approximate surface area is 122 Å². The number of fused-ring (bicyclic) bond motifs is 1. The molecule has 1 aromatic heterocycles. The number of aromatic nitrogens is 2. The van der Waals surface area contributed by atoms with E-state index in [2.05, 4.69) is 5.10 Å². The number of aliphatic hydroxyl groups excluding tert-OH is 1. The number of para-hydroxylation sites is 1. The lowest BCUT2D eigenvalue weighted by Gasteiger charge is -2.10. The van der Waals surface area contributed by atoms with Gasteiger partial charge in [0.25, 0.3) is 0 Å². The van der Waals surface area contributed by atoms with Gasteiger partial charge in [0.05, 0.1) is 5.52 Å². The quantitative estimate of drug-likeness (QED) is 0.781. The second-order valence-electron chi connectivity index (χ2n) is 4.94. The molecule has 3 aromatic rings. The zero-order chi connectivity index (χ0) is 14.3. The van der Waals surface area contributed by atoms with E-state index in [1.54, 1.807) is 10.7 Å². The largest absolute Gasteiger partial charge is 0.382 e. The molecule has 0 saturated carbocycles. The zero-order valence-corrected chi connectivity index (χ0v) is 12.1. The van der Waals surface area contributed by atoms with Crippen LogP contribution in [-0.2, 0) is 7.05 Å². The minimum absolute atomic E-state index is 0.654. The minimum atomic E-state index is -0.779. The van der Waals surface area contributed by atoms with Gasteiger partial charge >= 0.3 is 0 Å². The average molecular weight is 287 g/mol. The van der Waals surface area contributed by atoms with Crippen LogP contribution in [-0.4, -0.2) is 14.9 Å². The van der Waals surface area contributed by atoms with E-state index in [9.17, 15) is 5.11 Å². The molecule has 1 heterocycles. The molecule has 0 aliphatic rings. The fourth-order valence-corrected chi connectivity index (χ4v) is 2.57. The predicted molar refractivity (Wildman–Crippen MR) is 81.0 cm³/mol. The van der Waals surface area contributed by atoms with E-state index in [4.69, 9.17) is 11.6 Å². The lowest BCUT2D eigenvalue weighted by Crippen LogP contribution is -2.02. The van der Waals surface area contributed by atoms with Crippen molar-refractivity contribution < 1.29 is 5.11 Å². The molecule has 102 valence electrons. The highest BCUT2D eigenvalue weighted by Gasteiger charge is 2.18. The van der Waals surface area contributed by atoms with Crippen LogP contribution in [0.1, 0.15) is 22.9 Å². The smallest absolute Gasteiger partial charge is 0.123 e. The third-order valence-corrected chi connectivity index (χ3v) is 3.96. The van der Waals surface area contributed by atoms with E-state index >= 15 is 0 Å². The first-order chi connectivity index (χ1) is 9.58. The molecule has 1 atom stereocenters. The van der Waals surface area contributed by atoms with E-state index < -0.39 is 6.10 Å². The Morgan fingerprint density at radius 2 is 1.95 bits per heavy atom. The van der Waals surface area contributed by atoms with Crippen molar-refractivity contribution in [3.8, 4) is 0 Å². The van der Waals surface area contributed by atoms with Gasteiger partial charge in [-0.1, -0.05) is 41.9 Å². The Kier molecular flexibility index (Phi) is 3.24. The number of halogens is 1. The molecule has 0 aliphatic heterocycles. The van der Waals surface area contributed by atoms with Crippen molar-refractivity contribution in [2.24, 2.45) is 7.05 Å². The molecule has 3 nitrogen and oxygen atoms in total. The molecule has 0 bridgehead atoms. The van der Waals surface area contributed by atoms with Crippen LogP contribution in [0.15, 0.2) is 42.5 Å². The van der Waals surface area contributed by atoms with Crippen molar-refractivity contribution in [3.63, 3.8) is 0 Å². The van der Waals surface area contributed by atoms with E-state index in [1.807, 2.05) is 50.4 Å². The van der Waals surface area contributed by atoms with Crippen LogP contribution in [0.5, 0.6) is 0 Å². The molecule has 0 aliphatic carbocycles. The van der Waals surface area contributed by atoms with Gasteiger partial charge in [-0.3, -0.25) is 4.68 Å². The van der Waals surface area contributed by atoms with Crippen molar-refractivity contribution in [1.29, 1.82) is 0 Å². The van der Waals surface area contributed by atoms with E-state index in [0.29, 0.717) is 10.7 Å². The van der Waals surface area contributed by atoms with Gasteiger partial charge in [-0.25, -0.2) is 0 Å². The van der Waals surface area contributed by atoms with Crippen molar-refractivity contribution >= 4 is 22.5 Å². The number of hydrogen-bond acceptors (Lipinski definition) is 2. The highest BCUT2D eigenvalue weighted by Crippen LogP contribution is 2.29. The first kappa shape index (κ1) is 13.2. The third-order valence-electron chi connectivity index (χ3n) is 3.56. The molecule has 1 unspecified atom stereocenters. The van der Waals surface area contributed by atoms with Gasteiger partial charge in [0.2, 0.25) is 0 Å². The summed E-state index contributed by atoms with van der Waals surface area (Å²) < 4.78 is 1.78. The minimum Gasteiger partial charge on any atom is -0.382 e. The molecular weight excluding hydrogens is 272 g/mol. The summed E-state index contributed by atoms with van der Waals surface area (Å²) in [4.78, 5) is 0. The molecular formula is C16H15ClN2O. The summed E-state index contributed by atoms with van der Waals surface area (Å²) in [6.45, 7) is 1.94. The highest BCUT2D eigenvalue weighted by atomic mass is 35.5. The molecule has 3 rings (SSSR count). The van der Waals surface area contributed by atoms with Crippen LogP contribution in [0.4, 0.5) is 0 Å². The normalized spacial score (nSPS) is 12.8. The summed E-state index contributed by atoms with van der Waals surface area (Å²) in [5.41, 5.74) is 3.40. The maximum Gasteiger partial charge on any atom is 0.123 e. The standard InChI is InChI=1S/C16H15ClN2O/c1-10-7-8-11(9-13(10)17)16(20)15-12-5-3-4-6-14(12)19(2)18-15/h3-9,16,20H,1-2H3. The monoisotopic (exact) mass is 286 g/mol. The molecule has 20 heavy (non-hydrogen) atoms. The topological polar surface area (TPSA) is 38.1 Å². The van der Waals surface area contributed by atoms with Crippen LogP contribution >= 0.6 is 11.6 Å². The van der Waals surface area contributed by atoms with Gasteiger partial charge in [-0.15, -0.1) is 0 Å². The third kappa shape index (κ3) is 2.09. The fourth-order valence-electron chi connectivity index (χ4n) is 2.38. The number of aliphatic hydroxyl groups is 1. The Balaban J connectivity index is 2.12. The number of aryl methyl sites for hydroxylation is 2. The average Bonchev–Trinajstić information content (AvgIpc) is 2.79. The van der Waals surface area contributed by atoms with Crippen molar-refractivity contribution in [3.05, 3.63) is 64.3 Å². The van der Waals surface area contributed by atoms with E-state index in [1.165, 1.54) is 0 Å². The second kappa shape index (κ2) is 4.93. The summed E-state index contributed by atoms with van der Waals surface area (Å²) in [5.74, 6) is 0. The lowest BCUT2D eigenvalue weighted by atomic mass is 10.0. The molecule has 0 spiro atoms. The van der Waals surface area contributed by atoms with Gasteiger partial charge in [0.15, 0.2) is 0 Å². The lowest BCUT2D eigenvalue weighted by molar-refractivity contribution is 0.216. The Hall–Kier alpha value is -1.84. The first-order valence-electron chi connectivity index (χ1n) is 6.43. The first-order valence-corrected chi connectivity index (χ1v) is 6.81. The van der Waals surface area contributed by atoms with Crippen LogP contribution in [0, 0.1) is 6.92 Å². The Morgan fingerprint density at radius 1 is 1.20 bits per heavy atom. The number of benzene rings is 2. The number of hydrogen-bond donors (Lipinski definition) is 1. The molecule has 0 fully saturated rings. The van der Waals surface area contributed by atoms with Gasteiger partial charge in [-0.05, 0) is 30.2 Å². The molecule has 0 radical (unpaired) electrons. The van der Waals surface area contributed by atoms with Gasteiger partial charge in [0, 0.05) is 17.5 Å². The zero-order valence-electron chi connectivity index (χ0n) is 11.3. The number of nitrogens with zero attached hydrogens (tertiary/aromatic N) is 2. The summed E-state index contributed by atoms with van der Waals surface area (Å²) in [5, 5.41) is 16.6. The Bertz CT molecular complexity index is 779. The maximum atomic E-state index is 10.6. The van der Waals surface area contributed by atoms with Gasteiger partial charge in [-0.2, -0.15) is 5.10 Å². The summed E-state index contributed by atoms with van der Waals surface area (Å²) in [6.07, 6.45) is -0.779. The Morgan fingerprint density at radius 3 is 2.70 bits per heavy atom. The van der Waals surface area contributed by atoms with Gasteiger partial charge in [0.1, 0.15) is 11.8 Å². The van der Waals surface area contributed by atoms with Crippen molar-refractivity contribution in [1.82, 2.24) is 9.78 Å². The van der Waals surface area contributed by atoms with Gasteiger partial charge < -0.3 is 5.11 Å². The maximum absolute atomic E-state index is 10.6. The molecule has 4 heteroatoms. The summed E-state index contributed by atoms with van der Waals surface area (Å²) in [7, 11) is 1.88. The molecule has 0 amide bonds. The van der Waals surface area contributed by atoms with Crippen molar-refractivity contribution in [2.45, 2.75) is 13.0 Å².